The van der Waals surface area contributed by atoms with Crippen LogP contribution in [0, 0.1) is 17.8 Å². The molecule has 0 amide bonds. The van der Waals surface area contributed by atoms with Gasteiger partial charge in [0.2, 0.25) is 0 Å². The molecule has 0 N–H and O–H groups in total. The number of esters is 1. The predicted octanol–water partition coefficient (Wildman–Crippen LogP) is 4.69. The van der Waals surface area contributed by atoms with E-state index in [1.54, 1.807) is 7.11 Å². The second-order valence-electron chi connectivity index (χ2n) is 8.95. The highest BCUT2D eigenvalue weighted by molar-refractivity contribution is 5.85. The summed E-state index contributed by atoms with van der Waals surface area (Å²) in [5.41, 5.74) is 1.91. The molecule has 3 saturated heterocycles. The highest BCUT2D eigenvalue weighted by Gasteiger charge is 2.44. The van der Waals surface area contributed by atoms with E-state index in [9.17, 15) is 4.79 Å². The van der Waals surface area contributed by atoms with Gasteiger partial charge in [0.25, 0.3) is 0 Å². The highest BCUT2D eigenvalue weighted by Crippen LogP contribution is 2.44. The fourth-order valence-electron chi connectivity index (χ4n) is 5.62. The van der Waals surface area contributed by atoms with Crippen LogP contribution in [-0.2, 0) is 9.53 Å². The number of aromatic nitrogens is 1. The van der Waals surface area contributed by atoms with Crippen LogP contribution >= 0.6 is 0 Å². The molecular weight excluding hydrogens is 388 g/mol. The molecular formula is C26H30N2O3. The first kappa shape index (κ1) is 20.3. The number of carbonyl (C=O) groups excluding carboxylic acids is 1. The van der Waals surface area contributed by atoms with Gasteiger partial charge in [-0.1, -0.05) is 37.6 Å². The molecule has 0 radical (unpaired) electrons. The fourth-order valence-corrected chi connectivity index (χ4v) is 5.62. The number of hydrogen-bond acceptors (Lipinski definition) is 5. The molecule has 0 saturated carbocycles. The molecule has 2 aromatic rings. The third-order valence-corrected chi connectivity index (χ3v) is 7.36. The van der Waals surface area contributed by atoms with Crippen LogP contribution in [0.25, 0.3) is 10.9 Å². The average molecular weight is 419 g/mol. The maximum absolute atomic E-state index is 13.1. The van der Waals surface area contributed by atoms with Crippen molar-refractivity contribution in [2.45, 2.75) is 38.3 Å². The molecule has 0 spiro atoms. The first-order valence-corrected chi connectivity index (χ1v) is 11.4. The summed E-state index contributed by atoms with van der Waals surface area (Å²) in [5.74, 6) is 1.75. The van der Waals surface area contributed by atoms with Crippen LogP contribution in [0.4, 0.5) is 0 Å². The van der Waals surface area contributed by atoms with Gasteiger partial charge < -0.3 is 9.47 Å². The molecule has 6 rings (SSSR count). The Kier molecular flexibility index (Phi) is 5.53. The van der Waals surface area contributed by atoms with Crippen LogP contribution in [0.2, 0.25) is 0 Å². The maximum Gasteiger partial charge on any atom is 0.317 e. The van der Waals surface area contributed by atoms with Gasteiger partial charge in [-0.2, -0.15) is 0 Å². The van der Waals surface area contributed by atoms with Crippen molar-refractivity contribution in [2.24, 2.45) is 17.8 Å². The van der Waals surface area contributed by atoms with Crippen LogP contribution in [0.15, 0.2) is 54.8 Å². The van der Waals surface area contributed by atoms with Gasteiger partial charge in [-0.15, -0.1) is 0 Å². The lowest BCUT2D eigenvalue weighted by Gasteiger charge is -2.51. The zero-order valence-electron chi connectivity index (χ0n) is 18.2. The first-order chi connectivity index (χ1) is 15.2. The van der Waals surface area contributed by atoms with Crippen molar-refractivity contribution in [1.82, 2.24) is 9.88 Å². The van der Waals surface area contributed by atoms with Crippen LogP contribution in [0.5, 0.6) is 5.75 Å². The quantitative estimate of drug-likeness (QED) is 0.637. The van der Waals surface area contributed by atoms with Gasteiger partial charge in [0.1, 0.15) is 11.9 Å². The molecule has 3 aliphatic heterocycles. The van der Waals surface area contributed by atoms with Gasteiger partial charge in [0, 0.05) is 23.7 Å². The van der Waals surface area contributed by atoms with Gasteiger partial charge in [0.05, 0.1) is 24.6 Å². The highest BCUT2D eigenvalue weighted by atomic mass is 16.5. The van der Waals surface area contributed by atoms with Crippen molar-refractivity contribution in [3.8, 4) is 5.75 Å². The van der Waals surface area contributed by atoms with E-state index in [0.717, 1.165) is 47.6 Å². The number of ether oxygens (including phenoxy) is 2. The number of hydrogen-bond donors (Lipinski definition) is 0. The smallest absolute Gasteiger partial charge is 0.317 e. The SMILES string of the molecule is CC[C@H]1CN2CC[C@H]1C[C@H]2[C@H](OC(=O)C1C=CC=C1)c1ccnc2ccc(OC)cc12. The first-order valence-electron chi connectivity index (χ1n) is 11.4. The summed E-state index contributed by atoms with van der Waals surface area (Å²) in [6.45, 7) is 4.46. The molecule has 31 heavy (non-hydrogen) atoms. The number of carbonyl (C=O) groups is 1. The molecule has 5 heteroatoms. The molecule has 1 aromatic heterocycles. The van der Waals surface area contributed by atoms with E-state index in [4.69, 9.17) is 9.47 Å². The van der Waals surface area contributed by atoms with Gasteiger partial charge in [-0.3, -0.25) is 14.7 Å². The van der Waals surface area contributed by atoms with Crippen molar-refractivity contribution in [2.75, 3.05) is 20.2 Å². The average Bonchev–Trinajstić information content (AvgIpc) is 3.37. The summed E-state index contributed by atoms with van der Waals surface area (Å²) in [7, 11) is 1.67. The number of methoxy groups -OCH3 is 1. The monoisotopic (exact) mass is 418 g/mol. The van der Waals surface area contributed by atoms with Crippen LogP contribution < -0.4 is 4.74 Å². The number of allylic oxidation sites excluding steroid dienone is 2. The summed E-state index contributed by atoms with van der Waals surface area (Å²) in [6.07, 6.45) is 12.6. The number of piperidine rings is 3. The van der Waals surface area contributed by atoms with Crippen molar-refractivity contribution in [3.63, 3.8) is 0 Å². The number of rotatable bonds is 6. The molecule has 4 aliphatic rings. The molecule has 5 atom stereocenters. The number of nitrogens with zero attached hydrogens (tertiary/aromatic N) is 2. The Morgan fingerprint density at radius 2 is 2.10 bits per heavy atom. The number of fused-ring (bicyclic) bond motifs is 4. The second-order valence-corrected chi connectivity index (χ2v) is 8.95. The summed E-state index contributed by atoms with van der Waals surface area (Å²) in [4.78, 5) is 20.2. The van der Waals surface area contributed by atoms with Crippen LogP contribution in [0.3, 0.4) is 0 Å². The molecule has 162 valence electrons. The van der Waals surface area contributed by atoms with E-state index < -0.39 is 0 Å². The zero-order chi connectivity index (χ0) is 21.4. The molecule has 5 nitrogen and oxygen atoms in total. The molecule has 1 aromatic carbocycles. The lowest BCUT2D eigenvalue weighted by atomic mass is 9.72. The van der Waals surface area contributed by atoms with Crippen molar-refractivity contribution in [1.29, 1.82) is 0 Å². The Morgan fingerprint density at radius 1 is 1.26 bits per heavy atom. The van der Waals surface area contributed by atoms with Gasteiger partial charge in [0.15, 0.2) is 0 Å². The summed E-state index contributed by atoms with van der Waals surface area (Å²) in [5, 5.41) is 0.992. The standard InChI is InChI=1S/C26H30N2O3/c1-3-17-16-28-13-11-19(17)14-24(28)25(31-26(29)18-6-4-5-7-18)21-10-12-27-23-9-8-20(30-2)15-22(21)23/h4-10,12,15,17-19,24-25H,3,11,13-14,16H2,1-2H3/t17-,19-,24-,25+/m0/s1. The molecule has 4 heterocycles. The third kappa shape index (κ3) is 3.76. The number of benzene rings is 1. The predicted molar refractivity (Wildman–Crippen MR) is 121 cm³/mol. The Balaban J connectivity index is 1.55. The minimum absolute atomic E-state index is 0.183. The number of pyridine rings is 1. The lowest BCUT2D eigenvalue weighted by molar-refractivity contribution is -0.159. The third-order valence-electron chi connectivity index (χ3n) is 7.36. The molecule has 1 unspecified atom stereocenters. The molecule has 3 fully saturated rings. The Morgan fingerprint density at radius 3 is 2.81 bits per heavy atom. The van der Waals surface area contributed by atoms with Crippen molar-refractivity contribution >= 4 is 16.9 Å². The van der Waals surface area contributed by atoms with Crippen LogP contribution in [-0.4, -0.2) is 42.1 Å². The Bertz CT molecular complexity index is 1020. The minimum Gasteiger partial charge on any atom is -0.497 e. The van der Waals surface area contributed by atoms with Crippen molar-refractivity contribution in [3.05, 3.63) is 60.3 Å². The van der Waals surface area contributed by atoms with Crippen LogP contribution in [0.1, 0.15) is 37.9 Å². The Hall–Kier alpha value is -2.66. The Labute approximate surface area is 183 Å². The summed E-state index contributed by atoms with van der Waals surface area (Å²) in [6, 6.07) is 8.11. The topological polar surface area (TPSA) is 51.7 Å². The van der Waals surface area contributed by atoms with Gasteiger partial charge >= 0.3 is 5.97 Å². The fraction of sp³-hybridized carbons (Fsp3) is 0.462. The van der Waals surface area contributed by atoms with E-state index >= 15 is 0 Å². The van der Waals surface area contributed by atoms with E-state index in [1.807, 2.05) is 54.8 Å². The summed E-state index contributed by atoms with van der Waals surface area (Å²) >= 11 is 0. The maximum atomic E-state index is 13.1. The molecule has 2 bridgehead atoms. The minimum atomic E-state index is -0.326. The van der Waals surface area contributed by atoms with E-state index in [1.165, 1.54) is 12.8 Å². The second kappa shape index (κ2) is 8.46. The van der Waals surface area contributed by atoms with E-state index in [-0.39, 0.29) is 24.0 Å². The lowest BCUT2D eigenvalue weighted by Crippen LogP contribution is -2.55. The summed E-state index contributed by atoms with van der Waals surface area (Å²) < 4.78 is 11.8. The van der Waals surface area contributed by atoms with Crippen molar-refractivity contribution < 1.29 is 14.3 Å². The van der Waals surface area contributed by atoms with Gasteiger partial charge in [-0.05, 0) is 55.5 Å². The zero-order valence-corrected chi connectivity index (χ0v) is 18.2. The van der Waals surface area contributed by atoms with E-state index in [0.29, 0.717) is 5.92 Å². The normalized spacial score (nSPS) is 28.2. The molecule has 1 aliphatic carbocycles. The van der Waals surface area contributed by atoms with E-state index in [2.05, 4.69) is 16.8 Å². The largest absolute Gasteiger partial charge is 0.497 e. The van der Waals surface area contributed by atoms with Gasteiger partial charge in [-0.25, -0.2) is 0 Å².